The van der Waals surface area contributed by atoms with Crippen molar-refractivity contribution >= 4 is 33.4 Å². The van der Waals surface area contributed by atoms with Crippen LogP contribution in [-0.4, -0.2) is 11.8 Å². The molecule has 3 nitrogen and oxygen atoms in total. The van der Waals surface area contributed by atoms with Crippen LogP contribution in [0, 0.1) is 29.5 Å². The van der Waals surface area contributed by atoms with Gasteiger partial charge in [0, 0.05) is 4.47 Å². The van der Waals surface area contributed by atoms with Gasteiger partial charge in [-0.1, -0.05) is 12.2 Å². The predicted octanol–water partition coefficient (Wildman–Crippen LogP) is 2.90. The lowest BCUT2D eigenvalue weighted by atomic mass is 9.85. The van der Waals surface area contributed by atoms with Crippen LogP contribution in [0.1, 0.15) is 6.42 Å². The number of carbonyl (C=O) groups is 2. The molecular weight excluding hydrogens is 325 g/mol. The smallest absolute Gasteiger partial charge is 0.238 e. The van der Waals surface area contributed by atoms with E-state index in [2.05, 4.69) is 15.9 Å². The van der Waals surface area contributed by atoms with Gasteiger partial charge >= 0.3 is 0 Å². The molecule has 2 fully saturated rings. The zero-order valence-corrected chi connectivity index (χ0v) is 12.0. The van der Waals surface area contributed by atoms with E-state index in [1.54, 1.807) is 0 Å². The summed E-state index contributed by atoms with van der Waals surface area (Å²) >= 11 is 3.29. The molecule has 3 aliphatic rings. The molecule has 1 heterocycles. The highest BCUT2D eigenvalue weighted by atomic mass is 79.9. The number of benzene rings is 1. The van der Waals surface area contributed by atoms with E-state index >= 15 is 0 Å². The molecule has 1 saturated heterocycles. The monoisotopic (exact) mass is 335 g/mol. The molecule has 0 spiro atoms. The van der Waals surface area contributed by atoms with Crippen LogP contribution in [0.15, 0.2) is 34.8 Å². The van der Waals surface area contributed by atoms with Gasteiger partial charge in [-0.2, -0.15) is 0 Å². The average molecular weight is 336 g/mol. The number of amides is 2. The first-order valence-electron chi connectivity index (χ1n) is 6.59. The number of halogens is 2. The van der Waals surface area contributed by atoms with E-state index in [1.165, 1.54) is 18.2 Å². The minimum Gasteiger partial charge on any atom is -0.274 e. The summed E-state index contributed by atoms with van der Waals surface area (Å²) in [6.07, 6.45) is 4.98. The SMILES string of the molecule is O=C1C2C3C=CC(C3)C2C(=O)N1c1cc(F)ccc1Br. The molecule has 4 unspecified atom stereocenters. The first kappa shape index (κ1) is 12.3. The highest BCUT2D eigenvalue weighted by molar-refractivity contribution is 9.10. The van der Waals surface area contributed by atoms with Crippen LogP contribution in [0.2, 0.25) is 0 Å². The Morgan fingerprint density at radius 1 is 1.10 bits per heavy atom. The largest absolute Gasteiger partial charge is 0.274 e. The molecule has 102 valence electrons. The van der Waals surface area contributed by atoms with Crippen LogP contribution in [-0.2, 0) is 9.59 Å². The normalized spacial score (nSPS) is 34.2. The van der Waals surface area contributed by atoms with Crippen LogP contribution in [0.3, 0.4) is 0 Å². The molecule has 1 saturated carbocycles. The minimum atomic E-state index is -0.457. The van der Waals surface area contributed by atoms with Gasteiger partial charge in [0.25, 0.3) is 0 Å². The lowest BCUT2D eigenvalue weighted by molar-refractivity contribution is -0.123. The standard InChI is InChI=1S/C15H11BrFNO2/c16-10-4-3-9(17)6-11(10)18-14(19)12-7-1-2-8(5-7)13(12)15(18)20/h1-4,6-8,12-13H,5H2. The topological polar surface area (TPSA) is 37.4 Å². The lowest BCUT2D eigenvalue weighted by Gasteiger charge is -2.18. The summed E-state index contributed by atoms with van der Waals surface area (Å²) in [7, 11) is 0. The van der Waals surface area contributed by atoms with E-state index in [4.69, 9.17) is 0 Å². The Balaban J connectivity index is 1.80. The predicted molar refractivity (Wildman–Crippen MR) is 74.3 cm³/mol. The van der Waals surface area contributed by atoms with Crippen molar-refractivity contribution in [1.82, 2.24) is 0 Å². The van der Waals surface area contributed by atoms with Crippen LogP contribution >= 0.6 is 15.9 Å². The maximum atomic E-state index is 13.4. The molecule has 4 rings (SSSR count). The molecule has 2 bridgehead atoms. The van der Waals surface area contributed by atoms with Crippen molar-refractivity contribution in [3.05, 3.63) is 40.6 Å². The third kappa shape index (κ3) is 1.44. The number of rotatable bonds is 1. The molecule has 1 aliphatic heterocycles. The number of fused-ring (bicyclic) bond motifs is 5. The van der Waals surface area contributed by atoms with Gasteiger partial charge < -0.3 is 0 Å². The molecule has 1 aromatic carbocycles. The fourth-order valence-corrected chi connectivity index (χ4v) is 4.22. The van der Waals surface area contributed by atoms with Crippen LogP contribution in [0.25, 0.3) is 0 Å². The summed E-state index contributed by atoms with van der Waals surface area (Å²) in [6.45, 7) is 0. The van der Waals surface area contributed by atoms with Crippen molar-refractivity contribution in [3.8, 4) is 0 Å². The van der Waals surface area contributed by atoms with Gasteiger partial charge in [-0.3, -0.25) is 9.59 Å². The molecule has 20 heavy (non-hydrogen) atoms. The maximum absolute atomic E-state index is 13.4. The second-order valence-electron chi connectivity index (χ2n) is 5.61. The van der Waals surface area contributed by atoms with E-state index in [0.29, 0.717) is 10.2 Å². The first-order chi connectivity index (χ1) is 9.58. The van der Waals surface area contributed by atoms with Crippen LogP contribution in [0.5, 0.6) is 0 Å². The molecule has 2 amide bonds. The van der Waals surface area contributed by atoms with Crippen molar-refractivity contribution in [2.45, 2.75) is 6.42 Å². The van der Waals surface area contributed by atoms with E-state index in [1.807, 2.05) is 12.2 Å². The molecule has 0 N–H and O–H groups in total. The van der Waals surface area contributed by atoms with E-state index < -0.39 is 5.82 Å². The lowest BCUT2D eigenvalue weighted by Crippen LogP contribution is -2.33. The van der Waals surface area contributed by atoms with E-state index in [0.717, 1.165) is 11.3 Å². The van der Waals surface area contributed by atoms with Gasteiger partial charge in [0.05, 0.1) is 17.5 Å². The van der Waals surface area contributed by atoms with Crippen molar-refractivity contribution in [3.63, 3.8) is 0 Å². The third-order valence-corrected chi connectivity index (χ3v) is 5.29. The van der Waals surface area contributed by atoms with Crippen molar-refractivity contribution in [2.24, 2.45) is 23.7 Å². The van der Waals surface area contributed by atoms with Crippen molar-refractivity contribution < 1.29 is 14.0 Å². The fraction of sp³-hybridized carbons (Fsp3) is 0.333. The molecule has 1 aromatic rings. The Morgan fingerprint density at radius 3 is 2.30 bits per heavy atom. The van der Waals surface area contributed by atoms with Crippen LogP contribution < -0.4 is 4.90 Å². The second kappa shape index (κ2) is 4.01. The average Bonchev–Trinajstić information content (AvgIpc) is 3.08. The highest BCUT2D eigenvalue weighted by Gasteiger charge is 2.59. The molecule has 2 aliphatic carbocycles. The molecule has 5 heteroatoms. The number of anilines is 1. The number of carbonyl (C=O) groups excluding carboxylic acids is 2. The number of imide groups is 1. The van der Waals surface area contributed by atoms with E-state index in [9.17, 15) is 14.0 Å². The summed E-state index contributed by atoms with van der Waals surface area (Å²) < 4.78 is 14.0. The molecule has 0 aromatic heterocycles. The van der Waals surface area contributed by atoms with Gasteiger partial charge in [-0.05, 0) is 52.4 Å². The van der Waals surface area contributed by atoms with Gasteiger partial charge in [0.1, 0.15) is 5.82 Å². The van der Waals surface area contributed by atoms with Crippen LogP contribution in [0.4, 0.5) is 10.1 Å². The summed E-state index contributed by atoms with van der Waals surface area (Å²) in [5.41, 5.74) is 0.314. The van der Waals surface area contributed by atoms with Crippen molar-refractivity contribution in [2.75, 3.05) is 4.90 Å². The molecule has 4 atom stereocenters. The summed E-state index contributed by atoms with van der Waals surface area (Å²) in [6, 6.07) is 4.05. The Labute approximate surface area is 123 Å². The Morgan fingerprint density at radius 2 is 1.70 bits per heavy atom. The van der Waals surface area contributed by atoms with Gasteiger partial charge in [-0.15, -0.1) is 0 Å². The fourth-order valence-electron chi connectivity index (χ4n) is 3.80. The summed E-state index contributed by atoms with van der Waals surface area (Å²) in [5, 5.41) is 0. The van der Waals surface area contributed by atoms with Crippen molar-refractivity contribution in [1.29, 1.82) is 0 Å². The number of nitrogens with zero attached hydrogens (tertiary/aromatic N) is 1. The third-order valence-electron chi connectivity index (χ3n) is 4.62. The highest BCUT2D eigenvalue weighted by Crippen LogP contribution is 2.53. The van der Waals surface area contributed by atoms with Gasteiger partial charge in [0.15, 0.2) is 0 Å². The zero-order valence-electron chi connectivity index (χ0n) is 10.4. The van der Waals surface area contributed by atoms with E-state index in [-0.39, 0.29) is 35.5 Å². The van der Waals surface area contributed by atoms with Gasteiger partial charge in [0.2, 0.25) is 11.8 Å². The number of hydrogen-bond acceptors (Lipinski definition) is 2. The zero-order chi connectivity index (χ0) is 14.0. The summed E-state index contributed by atoms with van der Waals surface area (Å²) in [4.78, 5) is 26.3. The number of hydrogen-bond donors (Lipinski definition) is 0. The molecule has 0 radical (unpaired) electrons. The second-order valence-corrected chi connectivity index (χ2v) is 6.46. The first-order valence-corrected chi connectivity index (χ1v) is 7.38. The Hall–Kier alpha value is -1.49. The quantitative estimate of drug-likeness (QED) is 0.584. The Bertz CT molecular complexity index is 642. The maximum Gasteiger partial charge on any atom is 0.238 e. The van der Waals surface area contributed by atoms with Gasteiger partial charge in [-0.25, -0.2) is 9.29 Å². The molecular formula is C15H11BrFNO2. The summed E-state index contributed by atoms with van der Waals surface area (Å²) in [5.74, 6) is -1.02. The Kier molecular flexibility index (Phi) is 2.46. The minimum absolute atomic E-state index is 0.166. The number of allylic oxidation sites excluding steroid dienone is 2.